The van der Waals surface area contributed by atoms with Crippen molar-refractivity contribution < 1.29 is 9.21 Å². The first-order chi connectivity index (χ1) is 10.0. The molecule has 4 nitrogen and oxygen atoms in total. The average Bonchev–Trinajstić information content (AvgIpc) is 2.87. The number of halogens is 1. The van der Waals surface area contributed by atoms with Crippen LogP contribution in [-0.4, -0.2) is 12.5 Å². The summed E-state index contributed by atoms with van der Waals surface area (Å²) in [6.07, 6.45) is 0. The van der Waals surface area contributed by atoms with Crippen LogP contribution in [-0.2, 0) is 0 Å². The summed E-state index contributed by atoms with van der Waals surface area (Å²) < 4.78 is 5.53. The molecule has 5 heteroatoms. The second kappa shape index (κ2) is 6.68. The fourth-order valence-corrected chi connectivity index (χ4v) is 2.25. The van der Waals surface area contributed by atoms with Gasteiger partial charge in [-0.05, 0) is 51.1 Å². The van der Waals surface area contributed by atoms with Crippen LogP contribution in [0.25, 0.3) is 0 Å². The number of benzene rings is 1. The number of aryl methyl sites for hydroxylation is 1. The van der Waals surface area contributed by atoms with Crippen molar-refractivity contribution in [3.8, 4) is 0 Å². The van der Waals surface area contributed by atoms with Crippen molar-refractivity contribution in [2.45, 2.75) is 26.8 Å². The summed E-state index contributed by atoms with van der Waals surface area (Å²) >= 11 is 5.99. The van der Waals surface area contributed by atoms with Crippen LogP contribution in [0.4, 0.5) is 5.69 Å². The Kier molecular flexibility index (Phi) is 4.91. The minimum atomic E-state index is -0.209. The Labute approximate surface area is 129 Å². The minimum absolute atomic E-state index is 0.185. The van der Waals surface area contributed by atoms with Crippen LogP contribution in [0.5, 0.6) is 0 Å². The van der Waals surface area contributed by atoms with Gasteiger partial charge in [-0.2, -0.15) is 0 Å². The van der Waals surface area contributed by atoms with Gasteiger partial charge >= 0.3 is 0 Å². The summed E-state index contributed by atoms with van der Waals surface area (Å²) in [4.78, 5) is 12.4. The predicted octanol–water partition coefficient (Wildman–Crippen LogP) is 4.16. The number of hydrogen-bond acceptors (Lipinski definition) is 3. The standard InChI is InChI=1S/C16H19ClN2O2/c1-4-18-14-7-6-12(17)9-13(14)16(20)19-11(3)15-8-5-10(2)21-15/h5-9,11,18H,4H2,1-3H3,(H,19,20). The average molecular weight is 307 g/mol. The monoisotopic (exact) mass is 306 g/mol. The second-order valence-electron chi connectivity index (χ2n) is 4.86. The molecule has 1 atom stereocenters. The van der Waals surface area contributed by atoms with Crippen LogP contribution >= 0.6 is 11.6 Å². The third-order valence-electron chi connectivity index (χ3n) is 3.13. The molecule has 1 heterocycles. The number of anilines is 1. The maximum absolute atomic E-state index is 12.4. The molecule has 0 fully saturated rings. The van der Waals surface area contributed by atoms with E-state index in [1.807, 2.05) is 39.0 Å². The van der Waals surface area contributed by atoms with Crippen molar-refractivity contribution >= 4 is 23.2 Å². The molecular formula is C16H19ClN2O2. The zero-order valence-corrected chi connectivity index (χ0v) is 13.1. The summed E-state index contributed by atoms with van der Waals surface area (Å²) in [5.41, 5.74) is 1.29. The van der Waals surface area contributed by atoms with Gasteiger partial charge in [-0.1, -0.05) is 11.6 Å². The summed E-state index contributed by atoms with van der Waals surface area (Å²) in [6, 6.07) is 8.76. The van der Waals surface area contributed by atoms with E-state index in [9.17, 15) is 4.79 Å². The van der Waals surface area contributed by atoms with Crippen LogP contribution in [0.3, 0.4) is 0 Å². The van der Waals surface area contributed by atoms with Crippen molar-refractivity contribution in [3.63, 3.8) is 0 Å². The fourth-order valence-electron chi connectivity index (χ4n) is 2.08. The predicted molar refractivity (Wildman–Crippen MR) is 84.9 cm³/mol. The normalized spacial score (nSPS) is 12.0. The third-order valence-corrected chi connectivity index (χ3v) is 3.36. The van der Waals surface area contributed by atoms with E-state index < -0.39 is 0 Å². The van der Waals surface area contributed by atoms with E-state index in [2.05, 4.69) is 10.6 Å². The van der Waals surface area contributed by atoms with E-state index >= 15 is 0 Å². The molecule has 2 aromatic rings. The van der Waals surface area contributed by atoms with E-state index in [-0.39, 0.29) is 11.9 Å². The lowest BCUT2D eigenvalue weighted by Gasteiger charge is -2.15. The first-order valence-electron chi connectivity index (χ1n) is 6.92. The molecule has 1 aromatic carbocycles. The molecule has 0 aliphatic heterocycles. The van der Waals surface area contributed by atoms with Gasteiger partial charge in [-0.3, -0.25) is 4.79 Å². The summed E-state index contributed by atoms with van der Waals surface area (Å²) in [7, 11) is 0. The van der Waals surface area contributed by atoms with Gasteiger partial charge in [-0.25, -0.2) is 0 Å². The zero-order chi connectivity index (χ0) is 15.4. The number of amides is 1. The molecule has 0 radical (unpaired) electrons. The van der Waals surface area contributed by atoms with E-state index in [4.69, 9.17) is 16.0 Å². The molecule has 1 aromatic heterocycles. The van der Waals surface area contributed by atoms with Crippen LogP contribution in [0.2, 0.25) is 5.02 Å². The Morgan fingerprint density at radius 3 is 2.71 bits per heavy atom. The van der Waals surface area contributed by atoms with E-state index in [0.29, 0.717) is 10.6 Å². The number of carbonyl (C=O) groups is 1. The molecular weight excluding hydrogens is 288 g/mol. The van der Waals surface area contributed by atoms with Crippen molar-refractivity contribution in [2.75, 3.05) is 11.9 Å². The molecule has 0 saturated carbocycles. The molecule has 1 unspecified atom stereocenters. The van der Waals surface area contributed by atoms with E-state index in [1.54, 1.807) is 12.1 Å². The highest BCUT2D eigenvalue weighted by atomic mass is 35.5. The molecule has 0 aliphatic carbocycles. The number of carbonyl (C=O) groups excluding carboxylic acids is 1. The lowest BCUT2D eigenvalue weighted by Crippen LogP contribution is -2.27. The van der Waals surface area contributed by atoms with Crippen molar-refractivity contribution in [1.82, 2.24) is 5.32 Å². The number of nitrogens with one attached hydrogen (secondary N) is 2. The SMILES string of the molecule is CCNc1ccc(Cl)cc1C(=O)NC(C)c1ccc(C)o1. The van der Waals surface area contributed by atoms with Gasteiger partial charge in [0.25, 0.3) is 5.91 Å². The van der Waals surface area contributed by atoms with E-state index in [1.165, 1.54) is 0 Å². The lowest BCUT2D eigenvalue weighted by molar-refractivity contribution is 0.0936. The van der Waals surface area contributed by atoms with Gasteiger partial charge in [0.15, 0.2) is 0 Å². The molecule has 21 heavy (non-hydrogen) atoms. The third kappa shape index (κ3) is 3.79. The molecule has 0 saturated heterocycles. The Balaban J connectivity index is 2.18. The van der Waals surface area contributed by atoms with Crippen molar-refractivity contribution in [1.29, 1.82) is 0 Å². The fraction of sp³-hybridized carbons (Fsp3) is 0.312. The van der Waals surface area contributed by atoms with Gasteiger partial charge in [0.2, 0.25) is 0 Å². The van der Waals surface area contributed by atoms with Gasteiger partial charge < -0.3 is 15.1 Å². The number of hydrogen-bond donors (Lipinski definition) is 2. The molecule has 0 aliphatic rings. The smallest absolute Gasteiger partial charge is 0.254 e. The van der Waals surface area contributed by atoms with Crippen LogP contribution in [0.15, 0.2) is 34.7 Å². The molecule has 1 amide bonds. The van der Waals surface area contributed by atoms with Gasteiger partial charge in [0.05, 0.1) is 11.6 Å². The molecule has 2 N–H and O–H groups in total. The lowest BCUT2D eigenvalue weighted by atomic mass is 10.1. The molecule has 0 bridgehead atoms. The molecule has 112 valence electrons. The Morgan fingerprint density at radius 2 is 2.10 bits per heavy atom. The first-order valence-corrected chi connectivity index (χ1v) is 7.29. The minimum Gasteiger partial charge on any atom is -0.464 e. The Hall–Kier alpha value is -1.94. The van der Waals surface area contributed by atoms with E-state index in [0.717, 1.165) is 23.8 Å². The van der Waals surface area contributed by atoms with Crippen LogP contribution in [0, 0.1) is 6.92 Å². The van der Waals surface area contributed by atoms with Crippen LogP contribution in [0.1, 0.15) is 41.8 Å². The van der Waals surface area contributed by atoms with Gasteiger partial charge in [-0.15, -0.1) is 0 Å². The van der Waals surface area contributed by atoms with Crippen LogP contribution < -0.4 is 10.6 Å². The number of rotatable bonds is 5. The van der Waals surface area contributed by atoms with Crippen molar-refractivity contribution in [2.24, 2.45) is 0 Å². The highest BCUT2D eigenvalue weighted by molar-refractivity contribution is 6.31. The highest BCUT2D eigenvalue weighted by Crippen LogP contribution is 2.22. The zero-order valence-electron chi connectivity index (χ0n) is 12.4. The maximum Gasteiger partial charge on any atom is 0.254 e. The first kappa shape index (κ1) is 15.4. The quantitative estimate of drug-likeness (QED) is 0.872. The topological polar surface area (TPSA) is 54.3 Å². The number of furan rings is 1. The summed E-state index contributed by atoms with van der Waals surface area (Å²) in [5.74, 6) is 1.37. The second-order valence-corrected chi connectivity index (χ2v) is 5.30. The van der Waals surface area contributed by atoms with Crippen molar-refractivity contribution in [3.05, 3.63) is 52.4 Å². The Morgan fingerprint density at radius 1 is 1.33 bits per heavy atom. The molecule has 2 rings (SSSR count). The van der Waals surface area contributed by atoms with Gasteiger partial charge in [0.1, 0.15) is 11.5 Å². The molecule has 0 spiro atoms. The summed E-state index contributed by atoms with van der Waals surface area (Å²) in [5, 5.41) is 6.61. The Bertz CT molecular complexity index is 637. The largest absolute Gasteiger partial charge is 0.464 e. The summed E-state index contributed by atoms with van der Waals surface area (Å²) in [6.45, 7) is 6.46. The highest BCUT2D eigenvalue weighted by Gasteiger charge is 2.17. The maximum atomic E-state index is 12.4. The van der Waals surface area contributed by atoms with Gasteiger partial charge in [0, 0.05) is 17.3 Å².